The number of nitrogens with zero attached hydrogens (tertiary/aromatic N) is 1. The molecular formula is C12H21N3O2S. The second-order valence-corrected chi connectivity index (χ2v) is 7.26. The van der Waals surface area contributed by atoms with Crippen molar-refractivity contribution in [3.05, 3.63) is 12.0 Å². The third kappa shape index (κ3) is 3.11. The van der Waals surface area contributed by atoms with Crippen LogP contribution in [0.3, 0.4) is 0 Å². The Bertz CT molecular complexity index is 501. The molecule has 0 aliphatic heterocycles. The summed E-state index contributed by atoms with van der Waals surface area (Å²) in [5.41, 5.74) is 0.0976. The Morgan fingerprint density at radius 2 is 2.06 bits per heavy atom. The molecule has 1 saturated carbocycles. The second kappa shape index (κ2) is 5.01. The van der Waals surface area contributed by atoms with Crippen LogP contribution in [0.4, 0.5) is 0 Å². The maximum Gasteiger partial charge on any atom is 0.257 e. The molecule has 0 spiro atoms. The van der Waals surface area contributed by atoms with Gasteiger partial charge in [0.1, 0.15) is 5.82 Å². The minimum absolute atomic E-state index is 0.0976. The maximum absolute atomic E-state index is 12.0. The summed E-state index contributed by atoms with van der Waals surface area (Å²) in [5.74, 6) is 0.610. The standard InChI is InChI=1S/C12H21N3O2S/c1-10-13-8-11(15-10)18(16,17)14-9-12(2)6-4-3-5-7-12/h8,14H,3-7,9H2,1-2H3,(H,13,15). The van der Waals surface area contributed by atoms with Gasteiger partial charge in [0.05, 0.1) is 6.20 Å². The van der Waals surface area contributed by atoms with Crippen molar-refractivity contribution < 1.29 is 8.42 Å². The number of nitrogens with one attached hydrogen (secondary N) is 2. The zero-order valence-electron chi connectivity index (χ0n) is 11.0. The van der Waals surface area contributed by atoms with Gasteiger partial charge >= 0.3 is 0 Å². The summed E-state index contributed by atoms with van der Waals surface area (Å²) >= 11 is 0. The van der Waals surface area contributed by atoms with Crippen LogP contribution in [0.5, 0.6) is 0 Å². The van der Waals surface area contributed by atoms with E-state index >= 15 is 0 Å². The van der Waals surface area contributed by atoms with Crippen molar-refractivity contribution in [2.24, 2.45) is 5.41 Å². The highest BCUT2D eigenvalue weighted by Gasteiger charge is 2.29. The minimum atomic E-state index is -3.45. The molecule has 0 radical (unpaired) electrons. The van der Waals surface area contributed by atoms with E-state index in [0.717, 1.165) is 12.8 Å². The van der Waals surface area contributed by atoms with E-state index < -0.39 is 10.0 Å². The van der Waals surface area contributed by atoms with E-state index in [2.05, 4.69) is 21.6 Å². The molecule has 1 heterocycles. The predicted octanol–water partition coefficient (Wildman–Crippen LogP) is 1.97. The molecule has 0 amide bonds. The van der Waals surface area contributed by atoms with Crippen molar-refractivity contribution >= 4 is 10.0 Å². The van der Waals surface area contributed by atoms with E-state index in [-0.39, 0.29) is 10.4 Å². The molecule has 6 heteroatoms. The second-order valence-electron chi connectivity index (χ2n) is 5.53. The van der Waals surface area contributed by atoms with Crippen LogP contribution in [0.2, 0.25) is 0 Å². The molecule has 5 nitrogen and oxygen atoms in total. The van der Waals surface area contributed by atoms with E-state index in [9.17, 15) is 8.42 Å². The molecule has 2 rings (SSSR count). The number of imidazole rings is 1. The smallest absolute Gasteiger partial charge is 0.257 e. The van der Waals surface area contributed by atoms with Gasteiger partial charge in [-0.15, -0.1) is 0 Å². The molecule has 1 aliphatic rings. The lowest BCUT2D eigenvalue weighted by Gasteiger charge is -2.33. The molecule has 1 fully saturated rings. The largest absolute Gasteiger partial charge is 0.332 e. The Hall–Kier alpha value is -0.880. The zero-order chi connectivity index (χ0) is 13.2. The first kappa shape index (κ1) is 13.5. The van der Waals surface area contributed by atoms with Crippen LogP contribution in [0.15, 0.2) is 11.2 Å². The number of hydrogen-bond acceptors (Lipinski definition) is 3. The van der Waals surface area contributed by atoms with E-state index in [1.807, 2.05) is 0 Å². The van der Waals surface area contributed by atoms with Crippen LogP contribution >= 0.6 is 0 Å². The third-order valence-electron chi connectivity index (χ3n) is 3.72. The Kier molecular flexibility index (Phi) is 3.77. The van der Waals surface area contributed by atoms with Crippen molar-refractivity contribution in [1.82, 2.24) is 14.7 Å². The monoisotopic (exact) mass is 271 g/mol. The first-order chi connectivity index (χ1) is 8.41. The first-order valence-electron chi connectivity index (χ1n) is 6.43. The highest BCUT2D eigenvalue weighted by Crippen LogP contribution is 2.35. The number of aromatic amines is 1. The normalized spacial score (nSPS) is 19.9. The molecule has 1 aromatic rings. The van der Waals surface area contributed by atoms with Gasteiger partial charge in [-0.25, -0.2) is 18.1 Å². The average Bonchev–Trinajstić information content (AvgIpc) is 2.76. The van der Waals surface area contributed by atoms with Crippen LogP contribution in [0.25, 0.3) is 0 Å². The summed E-state index contributed by atoms with van der Waals surface area (Å²) in [5, 5.41) is 0.152. The molecule has 0 bridgehead atoms. The Morgan fingerprint density at radius 1 is 1.39 bits per heavy atom. The van der Waals surface area contributed by atoms with Crippen LogP contribution in [0.1, 0.15) is 44.9 Å². The van der Waals surface area contributed by atoms with Crippen molar-refractivity contribution in [2.75, 3.05) is 6.54 Å². The predicted molar refractivity (Wildman–Crippen MR) is 69.7 cm³/mol. The van der Waals surface area contributed by atoms with Gasteiger partial charge in [0.15, 0.2) is 5.03 Å². The van der Waals surface area contributed by atoms with Gasteiger partial charge in [0, 0.05) is 6.54 Å². The maximum atomic E-state index is 12.0. The quantitative estimate of drug-likeness (QED) is 0.879. The summed E-state index contributed by atoms with van der Waals surface area (Å²) in [6.07, 6.45) is 7.21. The van der Waals surface area contributed by atoms with Gasteiger partial charge in [0.2, 0.25) is 0 Å². The summed E-state index contributed by atoms with van der Waals surface area (Å²) in [7, 11) is -3.45. The molecule has 1 aromatic heterocycles. The Labute approximate surface area is 108 Å². The minimum Gasteiger partial charge on any atom is -0.332 e. The molecule has 0 atom stereocenters. The van der Waals surface area contributed by atoms with Gasteiger partial charge in [0.25, 0.3) is 10.0 Å². The Balaban J connectivity index is 2.01. The molecular weight excluding hydrogens is 250 g/mol. The van der Waals surface area contributed by atoms with Gasteiger partial charge < -0.3 is 4.98 Å². The molecule has 0 unspecified atom stereocenters. The molecule has 102 valence electrons. The molecule has 2 N–H and O–H groups in total. The molecule has 1 aliphatic carbocycles. The van der Waals surface area contributed by atoms with Crippen LogP contribution < -0.4 is 4.72 Å². The number of aryl methyl sites for hydroxylation is 1. The first-order valence-corrected chi connectivity index (χ1v) is 7.91. The lowest BCUT2D eigenvalue weighted by atomic mass is 9.76. The van der Waals surface area contributed by atoms with Gasteiger partial charge in [-0.3, -0.25) is 0 Å². The van der Waals surface area contributed by atoms with Crippen molar-refractivity contribution in [3.8, 4) is 0 Å². The number of hydrogen-bond donors (Lipinski definition) is 2. The van der Waals surface area contributed by atoms with Crippen LogP contribution in [-0.4, -0.2) is 24.9 Å². The number of H-pyrrole nitrogens is 1. The lowest BCUT2D eigenvalue weighted by Crippen LogP contribution is -2.37. The van der Waals surface area contributed by atoms with E-state index in [1.165, 1.54) is 25.5 Å². The average molecular weight is 271 g/mol. The van der Waals surface area contributed by atoms with Crippen LogP contribution in [-0.2, 0) is 10.0 Å². The topological polar surface area (TPSA) is 74.8 Å². The van der Waals surface area contributed by atoms with Crippen molar-refractivity contribution in [3.63, 3.8) is 0 Å². The van der Waals surface area contributed by atoms with Crippen LogP contribution in [0, 0.1) is 12.3 Å². The Morgan fingerprint density at radius 3 is 2.61 bits per heavy atom. The van der Waals surface area contributed by atoms with Crippen molar-refractivity contribution in [2.45, 2.75) is 51.0 Å². The van der Waals surface area contributed by atoms with Crippen molar-refractivity contribution in [1.29, 1.82) is 0 Å². The number of rotatable bonds is 4. The lowest BCUT2D eigenvalue weighted by molar-refractivity contribution is 0.219. The fraction of sp³-hybridized carbons (Fsp3) is 0.750. The van der Waals surface area contributed by atoms with Gasteiger partial charge in [-0.05, 0) is 25.2 Å². The summed E-state index contributed by atoms with van der Waals surface area (Å²) in [6.45, 7) is 4.40. The fourth-order valence-corrected chi connectivity index (χ4v) is 3.63. The highest BCUT2D eigenvalue weighted by molar-refractivity contribution is 7.89. The molecule has 0 saturated heterocycles. The fourth-order valence-electron chi connectivity index (χ4n) is 2.46. The van der Waals surface area contributed by atoms with Gasteiger partial charge in [-0.1, -0.05) is 26.2 Å². The zero-order valence-corrected chi connectivity index (χ0v) is 11.8. The molecule has 18 heavy (non-hydrogen) atoms. The number of sulfonamides is 1. The summed E-state index contributed by atoms with van der Waals surface area (Å²) in [6, 6.07) is 0. The molecule has 0 aromatic carbocycles. The highest BCUT2D eigenvalue weighted by atomic mass is 32.2. The van der Waals surface area contributed by atoms with Gasteiger partial charge in [-0.2, -0.15) is 0 Å². The van der Waals surface area contributed by atoms with E-state index in [1.54, 1.807) is 6.92 Å². The third-order valence-corrected chi connectivity index (χ3v) is 5.03. The van der Waals surface area contributed by atoms with E-state index in [4.69, 9.17) is 0 Å². The van der Waals surface area contributed by atoms with E-state index in [0.29, 0.717) is 12.4 Å². The number of aromatic nitrogens is 2. The SMILES string of the molecule is Cc1ncc(S(=O)(=O)NCC2(C)CCCCC2)[nH]1. The summed E-state index contributed by atoms with van der Waals surface area (Å²) in [4.78, 5) is 6.68. The summed E-state index contributed by atoms with van der Waals surface area (Å²) < 4.78 is 26.8.